The van der Waals surface area contributed by atoms with Crippen LogP contribution >= 0.6 is 0 Å². The number of aryl methyl sites for hydroxylation is 1. The molecule has 7 nitrogen and oxygen atoms in total. The molecular formula is C21H24N2O5. The van der Waals surface area contributed by atoms with Gasteiger partial charge in [0.25, 0.3) is 11.8 Å². The van der Waals surface area contributed by atoms with Crippen LogP contribution in [-0.2, 0) is 16.1 Å². The van der Waals surface area contributed by atoms with Gasteiger partial charge in [0.2, 0.25) is 5.91 Å². The normalized spacial score (nSPS) is 13.1. The molecule has 0 unspecified atom stereocenters. The average molecular weight is 384 g/mol. The average Bonchev–Trinajstić information content (AvgIpc) is 3.27. The Labute approximate surface area is 163 Å². The number of benzene rings is 1. The summed E-state index contributed by atoms with van der Waals surface area (Å²) in [5.74, 6) is 0.0447. The minimum atomic E-state index is -0.292. The molecule has 0 N–H and O–H groups in total. The zero-order valence-corrected chi connectivity index (χ0v) is 16.1. The highest BCUT2D eigenvalue weighted by atomic mass is 16.5. The minimum absolute atomic E-state index is 0.0686. The van der Waals surface area contributed by atoms with E-state index in [0.29, 0.717) is 43.0 Å². The van der Waals surface area contributed by atoms with Crippen LogP contribution in [0, 0.1) is 6.92 Å². The maximum Gasteiger partial charge on any atom is 0.261 e. The van der Waals surface area contributed by atoms with Gasteiger partial charge in [-0.05, 0) is 37.6 Å². The fourth-order valence-corrected chi connectivity index (χ4v) is 3.24. The zero-order chi connectivity index (χ0) is 20.1. The van der Waals surface area contributed by atoms with Crippen molar-refractivity contribution in [1.82, 2.24) is 9.80 Å². The van der Waals surface area contributed by atoms with Crippen molar-refractivity contribution in [2.24, 2.45) is 0 Å². The summed E-state index contributed by atoms with van der Waals surface area (Å²) in [6.45, 7) is 3.33. The summed E-state index contributed by atoms with van der Waals surface area (Å²) in [6.07, 6.45) is 2.21. The van der Waals surface area contributed by atoms with Gasteiger partial charge in [0.15, 0.2) is 0 Å². The molecule has 7 heteroatoms. The predicted octanol–water partition coefficient (Wildman–Crippen LogP) is 2.64. The first kappa shape index (κ1) is 19.8. The van der Waals surface area contributed by atoms with Crippen LogP contribution < -0.4 is 0 Å². The predicted molar refractivity (Wildman–Crippen MR) is 102 cm³/mol. The second-order valence-electron chi connectivity index (χ2n) is 6.80. The molecule has 0 atom stereocenters. The summed E-state index contributed by atoms with van der Waals surface area (Å²) in [5, 5.41) is 0. The lowest BCUT2D eigenvalue weighted by Crippen LogP contribution is -2.35. The number of nitrogens with zero attached hydrogens (tertiary/aromatic N) is 2. The molecule has 0 radical (unpaired) electrons. The lowest BCUT2D eigenvalue weighted by atomic mass is 10.1. The van der Waals surface area contributed by atoms with E-state index in [1.807, 2.05) is 19.1 Å². The second-order valence-corrected chi connectivity index (χ2v) is 6.80. The van der Waals surface area contributed by atoms with Crippen molar-refractivity contribution in [1.29, 1.82) is 0 Å². The van der Waals surface area contributed by atoms with Crippen LogP contribution in [0.25, 0.3) is 0 Å². The third-order valence-electron chi connectivity index (χ3n) is 4.74. The highest BCUT2D eigenvalue weighted by molar-refractivity contribution is 6.21. The Morgan fingerprint density at radius 2 is 1.96 bits per heavy atom. The Kier molecular flexibility index (Phi) is 6.26. The lowest BCUT2D eigenvalue weighted by molar-refractivity contribution is -0.132. The lowest BCUT2D eigenvalue weighted by Gasteiger charge is -2.22. The first-order valence-electron chi connectivity index (χ1n) is 9.27. The van der Waals surface area contributed by atoms with Gasteiger partial charge >= 0.3 is 0 Å². The van der Waals surface area contributed by atoms with E-state index < -0.39 is 0 Å². The van der Waals surface area contributed by atoms with Gasteiger partial charge in [-0.2, -0.15) is 0 Å². The molecule has 28 heavy (non-hydrogen) atoms. The van der Waals surface area contributed by atoms with Crippen LogP contribution in [0.4, 0.5) is 0 Å². The molecule has 0 bridgehead atoms. The molecule has 3 amide bonds. The van der Waals surface area contributed by atoms with Crippen molar-refractivity contribution in [3.8, 4) is 0 Å². The Morgan fingerprint density at radius 3 is 2.68 bits per heavy atom. The second kappa shape index (κ2) is 8.84. The van der Waals surface area contributed by atoms with Gasteiger partial charge < -0.3 is 14.1 Å². The first-order valence-corrected chi connectivity index (χ1v) is 9.27. The largest absolute Gasteiger partial charge is 0.467 e. The minimum Gasteiger partial charge on any atom is -0.467 e. The van der Waals surface area contributed by atoms with Gasteiger partial charge in [-0.25, -0.2) is 0 Å². The van der Waals surface area contributed by atoms with E-state index in [0.717, 1.165) is 5.56 Å². The van der Waals surface area contributed by atoms with Crippen LogP contribution in [-0.4, -0.2) is 54.3 Å². The molecule has 0 fully saturated rings. The summed E-state index contributed by atoms with van der Waals surface area (Å²) >= 11 is 0. The van der Waals surface area contributed by atoms with Crippen molar-refractivity contribution < 1.29 is 23.5 Å². The number of carbonyl (C=O) groups excluding carboxylic acids is 3. The number of furan rings is 1. The van der Waals surface area contributed by atoms with Crippen molar-refractivity contribution >= 4 is 17.7 Å². The molecular weight excluding hydrogens is 360 g/mol. The summed E-state index contributed by atoms with van der Waals surface area (Å²) in [6, 6.07) is 8.83. The maximum absolute atomic E-state index is 12.6. The number of methoxy groups -OCH3 is 1. The molecule has 3 rings (SSSR count). The van der Waals surface area contributed by atoms with Crippen LogP contribution in [0.5, 0.6) is 0 Å². The first-order chi connectivity index (χ1) is 13.5. The van der Waals surface area contributed by atoms with Crippen LogP contribution in [0.15, 0.2) is 41.0 Å². The molecule has 0 aliphatic carbocycles. The number of carbonyl (C=O) groups is 3. The van der Waals surface area contributed by atoms with E-state index in [4.69, 9.17) is 9.15 Å². The van der Waals surface area contributed by atoms with Crippen molar-refractivity contribution in [3.63, 3.8) is 0 Å². The van der Waals surface area contributed by atoms with Gasteiger partial charge in [-0.3, -0.25) is 19.3 Å². The molecule has 148 valence electrons. The van der Waals surface area contributed by atoms with Gasteiger partial charge in [0.05, 0.1) is 30.5 Å². The molecule has 0 spiro atoms. The molecule has 0 saturated carbocycles. The van der Waals surface area contributed by atoms with Crippen LogP contribution in [0.2, 0.25) is 0 Å². The van der Waals surface area contributed by atoms with Gasteiger partial charge in [0, 0.05) is 26.6 Å². The van der Waals surface area contributed by atoms with E-state index in [2.05, 4.69) is 0 Å². The quantitative estimate of drug-likeness (QED) is 0.621. The molecule has 1 aromatic heterocycles. The van der Waals surface area contributed by atoms with Crippen LogP contribution in [0.1, 0.15) is 44.9 Å². The van der Waals surface area contributed by atoms with Gasteiger partial charge in [0.1, 0.15) is 5.76 Å². The summed E-state index contributed by atoms with van der Waals surface area (Å²) in [4.78, 5) is 40.5. The van der Waals surface area contributed by atoms with Crippen LogP contribution in [0.3, 0.4) is 0 Å². The third-order valence-corrected chi connectivity index (χ3v) is 4.74. The number of hydrogen-bond acceptors (Lipinski definition) is 5. The standard InChI is InChI=1S/C21H24N2O5/c1-15-7-8-17-18(13-15)21(26)23(20(17)25)9-3-6-19(24)22(10-12-27-2)14-16-5-4-11-28-16/h4-5,7-8,11,13H,3,6,9-10,12,14H2,1-2H3. The molecule has 1 aliphatic heterocycles. The van der Waals surface area contributed by atoms with Crippen molar-refractivity contribution in [2.45, 2.75) is 26.3 Å². The Morgan fingerprint density at radius 1 is 1.18 bits per heavy atom. The van der Waals surface area contributed by atoms with E-state index in [1.165, 1.54) is 4.90 Å². The summed E-state index contributed by atoms with van der Waals surface area (Å²) in [5.41, 5.74) is 1.81. The molecule has 2 heterocycles. The molecule has 0 saturated heterocycles. The maximum atomic E-state index is 12.6. The van der Waals surface area contributed by atoms with Crippen molar-refractivity contribution in [2.75, 3.05) is 26.8 Å². The topological polar surface area (TPSA) is 80.1 Å². The number of imide groups is 1. The molecule has 1 aliphatic rings. The highest BCUT2D eigenvalue weighted by Gasteiger charge is 2.35. The third kappa shape index (κ3) is 4.31. The van der Waals surface area contributed by atoms with E-state index in [9.17, 15) is 14.4 Å². The van der Waals surface area contributed by atoms with Gasteiger partial charge in [-0.15, -0.1) is 0 Å². The Hall–Kier alpha value is -2.93. The zero-order valence-electron chi connectivity index (χ0n) is 16.1. The summed E-state index contributed by atoms with van der Waals surface area (Å²) in [7, 11) is 1.58. The number of rotatable bonds is 9. The fraction of sp³-hybridized carbons (Fsp3) is 0.381. The number of hydrogen-bond donors (Lipinski definition) is 0. The summed E-state index contributed by atoms with van der Waals surface area (Å²) < 4.78 is 10.4. The number of fused-ring (bicyclic) bond motifs is 1. The Bertz CT molecular complexity index is 860. The number of amides is 3. The SMILES string of the molecule is COCCN(Cc1ccco1)C(=O)CCCN1C(=O)c2ccc(C)cc2C1=O. The Balaban J connectivity index is 1.56. The highest BCUT2D eigenvalue weighted by Crippen LogP contribution is 2.24. The van der Waals surface area contributed by atoms with E-state index in [1.54, 1.807) is 36.5 Å². The molecule has 1 aromatic carbocycles. The van der Waals surface area contributed by atoms with Crippen molar-refractivity contribution in [3.05, 3.63) is 59.0 Å². The fourth-order valence-electron chi connectivity index (χ4n) is 3.24. The smallest absolute Gasteiger partial charge is 0.261 e. The monoisotopic (exact) mass is 384 g/mol. The van der Waals surface area contributed by atoms with E-state index in [-0.39, 0.29) is 30.7 Å². The van der Waals surface area contributed by atoms with E-state index >= 15 is 0 Å². The van der Waals surface area contributed by atoms with Gasteiger partial charge in [-0.1, -0.05) is 11.6 Å². The molecule has 2 aromatic rings. The number of ether oxygens (including phenoxy) is 1.